The average Bonchev–Trinajstić information content (AvgIpc) is 2.26. The molecule has 0 saturated carbocycles. The van der Waals surface area contributed by atoms with Crippen LogP contribution in [0.2, 0.25) is 0 Å². The highest BCUT2D eigenvalue weighted by molar-refractivity contribution is 5.94. The number of rotatable bonds is 8. The van der Waals surface area contributed by atoms with Gasteiger partial charge in [0.15, 0.2) is 0 Å². The van der Waals surface area contributed by atoms with Gasteiger partial charge in [0.05, 0.1) is 0 Å². The van der Waals surface area contributed by atoms with E-state index in [0.717, 1.165) is 19.3 Å². The number of carbonyl (C=O) groups excluding carboxylic acids is 2. The summed E-state index contributed by atoms with van der Waals surface area (Å²) < 4.78 is 0. The molecule has 0 spiro atoms. The summed E-state index contributed by atoms with van der Waals surface area (Å²) in [7, 11) is 0. The van der Waals surface area contributed by atoms with Crippen molar-refractivity contribution in [2.24, 2.45) is 5.92 Å². The Balaban J connectivity index is 4.04. The Hall–Kier alpha value is -1.59. The second kappa shape index (κ2) is 9.35. The van der Waals surface area contributed by atoms with Gasteiger partial charge >= 0.3 is 12.0 Å². The number of nitrogens with one attached hydrogen (secondary N) is 2. The van der Waals surface area contributed by atoms with Crippen LogP contribution in [0.4, 0.5) is 4.79 Å². The lowest BCUT2D eigenvalue weighted by Crippen LogP contribution is -2.44. The van der Waals surface area contributed by atoms with Gasteiger partial charge in [-0.3, -0.25) is 14.9 Å². The molecule has 0 radical (unpaired) electrons. The molecule has 0 aromatic heterocycles. The van der Waals surface area contributed by atoms with E-state index in [9.17, 15) is 14.4 Å². The zero-order valence-corrected chi connectivity index (χ0v) is 11.9. The number of aliphatic carboxylic acids is 1. The first-order valence-corrected chi connectivity index (χ1v) is 6.71. The van der Waals surface area contributed by atoms with Gasteiger partial charge in [-0.05, 0) is 18.8 Å². The van der Waals surface area contributed by atoms with Crippen molar-refractivity contribution < 1.29 is 19.5 Å². The predicted molar refractivity (Wildman–Crippen MR) is 71.7 cm³/mol. The molecule has 3 N–H and O–H groups in total. The monoisotopic (exact) mass is 272 g/mol. The molecule has 0 fully saturated rings. The second-order valence-corrected chi connectivity index (χ2v) is 4.82. The molecule has 2 unspecified atom stereocenters. The Bertz CT molecular complexity index is 318. The number of carboxylic acids is 1. The van der Waals surface area contributed by atoms with Gasteiger partial charge in [-0.15, -0.1) is 0 Å². The first kappa shape index (κ1) is 17.4. The Labute approximate surface area is 113 Å². The molecule has 6 nitrogen and oxygen atoms in total. The maximum Gasteiger partial charge on any atom is 0.321 e. The molecule has 6 heteroatoms. The highest BCUT2D eigenvalue weighted by Crippen LogP contribution is 2.07. The van der Waals surface area contributed by atoms with Gasteiger partial charge in [-0.2, -0.15) is 0 Å². The molecule has 2 atom stereocenters. The highest BCUT2D eigenvalue weighted by Gasteiger charge is 2.16. The van der Waals surface area contributed by atoms with E-state index in [-0.39, 0.29) is 24.8 Å². The Kier molecular flexibility index (Phi) is 8.57. The van der Waals surface area contributed by atoms with Gasteiger partial charge in [0.1, 0.15) is 0 Å². The minimum atomic E-state index is -0.946. The zero-order valence-electron chi connectivity index (χ0n) is 11.9. The topological polar surface area (TPSA) is 95.5 Å². The minimum absolute atomic E-state index is 0.0320. The smallest absolute Gasteiger partial charge is 0.321 e. The van der Waals surface area contributed by atoms with E-state index in [1.165, 1.54) is 0 Å². The minimum Gasteiger partial charge on any atom is -0.481 e. The van der Waals surface area contributed by atoms with Crippen molar-refractivity contribution in [3.05, 3.63) is 0 Å². The van der Waals surface area contributed by atoms with Gasteiger partial charge in [0.25, 0.3) is 0 Å². The summed E-state index contributed by atoms with van der Waals surface area (Å²) in [5.74, 6) is -1.68. The van der Waals surface area contributed by atoms with Crippen molar-refractivity contribution in [3.8, 4) is 0 Å². The molecular formula is C13H24N2O4. The van der Waals surface area contributed by atoms with Gasteiger partial charge in [-0.1, -0.05) is 27.2 Å². The summed E-state index contributed by atoms with van der Waals surface area (Å²) >= 11 is 0. The van der Waals surface area contributed by atoms with Crippen molar-refractivity contribution in [2.75, 3.05) is 0 Å². The molecule has 0 heterocycles. The van der Waals surface area contributed by atoms with Crippen LogP contribution in [0.5, 0.6) is 0 Å². The molecule has 0 bridgehead atoms. The van der Waals surface area contributed by atoms with Gasteiger partial charge in [0, 0.05) is 18.9 Å². The van der Waals surface area contributed by atoms with E-state index >= 15 is 0 Å². The summed E-state index contributed by atoms with van der Waals surface area (Å²) in [5, 5.41) is 13.5. The molecule has 0 rings (SSSR count). The lowest BCUT2D eigenvalue weighted by atomic mass is 10.0. The first-order chi connectivity index (χ1) is 8.88. The third kappa shape index (κ3) is 9.04. The molecular weight excluding hydrogens is 248 g/mol. The van der Waals surface area contributed by atoms with Gasteiger partial charge in [-0.25, -0.2) is 4.79 Å². The van der Waals surface area contributed by atoms with E-state index in [2.05, 4.69) is 10.6 Å². The van der Waals surface area contributed by atoms with Crippen LogP contribution >= 0.6 is 0 Å². The lowest BCUT2D eigenvalue weighted by Gasteiger charge is -2.16. The zero-order chi connectivity index (χ0) is 14.8. The molecule has 0 aliphatic rings. The summed E-state index contributed by atoms with van der Waals surface area (Å²) in [5.41, 5.74) is 0. The van der Waals surface area contributed by atoms with E-state index in [1.54, 1.807) is 6.92 Å². The first-order valence-electron chi connectivity index (χ1n) is 6.71. The number of hydrogen-bond acceptors (Lipinski definition) is 3. The molecule has 0 aliphatic heterocycles. The quantitative estimate of drug-likeness (QED) is 0.628. The molecule has 0 saturated heterocycles. The van der Waals surface area contributed by atoms with Crippen LogP contribution in [0.1, 0.15) is 52.9 Å². The van der Waals surface area contributed by atoms with Crippen LogP contribution < -0.4 is 10.6 Å². The molecule has 3 amide bonds. The lowest BCUT2D eigenvalue weighted by molar-refractivity contribution is -0.138. The van der Waals surface area contributed by atoms with Crippen LogP contribution in [0.15, 0.2) is 0 Å². The van der Waals surface area contributed by atoms with E-state index < -0.39 is 17.9 Å². The molecule has 0 aromatic carbocycles. The van der Waals surface area contributed by atoms with E-state index in [0.29, 0.717) is 0 Å². The standard InChI is InChI=1S/C13H24N2O4/c1-4-6-10(5-2)14-13(19)15-11(16)7-9(3)8-12(17)18/h9-10H,4-8H2,1-3H3,(H,17,18)(H2,14,15,16,19). The molecule has 19 heavy (non-hydrogen) atoms. The van der Waals surface area contributed by atoms with Crippen molar-refractivity contribution in [2.45, 2.75) is 58.9 Å². The number of hydrogen-bond donors (Lipinski definition) is 3. The van der Waals surface area contributed by atoms with Crippen molar-refractivity contribution in [1.82, 2.24) is 10.6 Å². The third-order valence-electron chi connectivity index (χ3n) is 2.78. The highest BCUT2D eigenvalue weighted by atomic mass is 16.4. The number of imide groups is 1. The SMILES string of the molecule is CCCC(CC)NC(=O)NC(=O)CC(C)CC(=O)O. The second-order valence-electron chi connectivity index (χ2n) is 4.82. The van der Waals surface area contributed by atoms with Crippen LogP contribution in [-0.2, 0) is 9.59 Å². The van der Waals surface area contributed by atoms with Crippen LogP contribution in [-0.4, -0.2) is 29.1 Å². The van der Waals surface area contributed by atoms with Crippen molar-refractivity contribution >= 4 is 17.9 Å². The fraction of sp³-hybridized carbons (Fsp3) is 0.769. The average molecular weight is 272 g/mol. The van der Waals surface area contributed by atoms with E-state index in [4.69, 9.17) is 5.11 Å². The van der Waals surface area contributed by atoms with Gasteiger partial charge in [0.2, 0.25) is 5.91 Å². The fourth-order valence-corrected chi connectivity index (χ4v) is 1.81. The summed E-state index contributed by atoms with van der Waals surface area (Å²) in [4.78, 5) is 33.5. The summed E-state index contributed by atoms with van der Waals surface area (Å²) in [6.07, 6.45) is 2.59. The van der Waals surface area contributed by atoms with Crippen LogP contribution in [0.3, 0.4) is 0 Å². The summed E-state index contributed by atoms with van der Waals surface area (Å²) in [6, 6.07) is -0.443. The maximum atomic E-state index is 11.5. The Morgan fingerprint density at radius 3 is 2.26 bits per heavy atom. The number of carbonyl (C=O) groups is 3. The van der Waals surface area contributed by atoms with Gasteiger partial charge < -0.3 is 10.4 Å². The Morgan fingerprint density at radius 2 is 1.79 bits per heavy atom. The molecule has 0 aromatic rings. The van der Waals surface area contributed by atoms with Crippen molar-refractivity contribution in [3.63, 3.8) is 0 Å². The Morgan fingerprint density at radius 1 is 1.16 bits per heavy atom. The normalized spacial score (nSPS) is 13.4. The number of carboxylic acid groups (broad SMARTS) is 1. The fourth-order valence-electron chi connectivity index (χ4n) is 1.81. The van der Waals surface area contributed by atoms with E-state index in [1.807, 2.05) is 13.8 Å². The largest absolute Gasteiger partial charge is 0.481 e. The maximum absolute atomic E-state index is 11.5. The molecule has 0 aliphatic carbocycles. The van der Waals surface area contributed by atoms with Crippen LogP contribution in [0, 0.1) is 5.92 Å². The number of urea groups is 1. The predicted octanol–water partition coefficient (Wildman–Crippen LogP) is 1.89. The third-order valence-corrected chi connectivity index (χ3v) is 2.78. The molecule has 110 valence electrons. The van der Waals surface area contributed by atoms with Crippen LogP contribution in [0.25, 0.3) is 0 Å². The summed E-state index contributed by atoms with van der Waals surface area (Å²) in [6.45, 7) is 5.66. The number of amides is 3. The van der Waals surface area contributed by atoms with Crippen molar-refractivity contribution in [1.29, 1.82) is 0 Å².